The number of carbonyl (C=O) groups excluding carboxylic acids is 4. The number of rotatable bonds is 5. The van der Waals surface area contributed by atoms with Crippen molar-refractivity contribution in [3.05, 3.63) is 98.5 Å². The van der Waals surface area contributed by atoms with Gasteiger partial charge in [-0.2, -0.15) is 5.01 Å². The Hall–Kier alpha value is -4.34. The number of phenolic OH excluding ortho intramolecular Hbond substituents is 1. The maximum Gasteiger partial charge on any atom is 0.260 e. The molecule has 4 aliphatic rings. The van der Waals surface area contributed by atoms with Gasteiger partial charge in [0.25, 0.3) is 11.8 Å². The first-order valence-electron chi connectivity index (χ1n) is 15.5. The third kappa shape index (κ3) is 4.43. The van der Waals surface area contributed by atoms with E-state index in [2.05, 4.69) is 5.43 Å². The van der Waals surface area contributed by atoms with E-state index < -0.39 is 46.8 Å². The van der Waals surface area contributed by atoms with Crippen molar-refractivity contribution in [1.29, 1.82) is 0 Å². The van der Waals surface area contributed by atoms with Crippen LogP contribution in [0.5, 0.6) is 11.5 Å². The van der Waals surface area contributed by atoms with Crippen LogP contribution in [-0.4, -0.2) is 52.8 Å². The number of aromatic hydroxyl groups is 1. The number of methoxy groups -OCH3 is 1. The first-order valence-corrected chi connectivity index (χ1v) is 16.2. The summed E-state index contributed by atoms with van der Waals surface area (Å²) < 4.78 is 5.44. The molecule has 2 N–H and O–H groups in total. The van der Waals surface area contributed by atoms with Gasteiger partial charge in [0.2, 0.25) is 11.8 Å². The number of carbonyl (C=O) groups is 4. The molecule has 47 heavy (non-hydrogen) atoms. The van der Waals surface area contributed by atoms with E-state index >= 15 is 4.79 Å². The Labute approximate surface area is 282 Å². The molecule has 2 saturated heterocycles. The molecule has 2 aliphatic carbocycles. The lowest BCUT2D eigenvalue weighted by Crippen LogP contribution is -2.53. The molecule has 0 unspecified atom stereocenters. The van der Waals surface area contributed by atoms with Gasteiger partial charge in [0, 0.05) is 18.0 Å². The summed E-state index contributed by atoms with van der Waals surface area (Å²) in [4.78, 5) is 58.0. The monoisotopic (exact) mass is 673 g/mol. The highest BCUT2D eigenvalue weighted by Crippen LogP contribution is 2.64. The standard InChI is InChI=1S/C36H33Cl2N3O6/c1-17-13-19(14-18(2)31(17)42)30-23-10-11-24-29(34(45)40(3)32(24)43)25(23)16-26-33(44)41(39-28-12-7-21(37)15-27(28)38)35(46)36(26,30)20-5-8-22(47-4)9-6-20/h5-10,12-15,24-26,29-30,39,42H,11,16H2,1-4H3/t24-,25+,26-,29-,30-,36+/m0/s1. The molecule has 7 rings (SSSR count). The Bertz CT molecular complexity index is 1890. The molecule has 11 heteroatoms. The van der Waals surface area contributed by atoms with Crippen molar-refractivity contribution in [3.8, 4) is 11.5 Å². The molecule has 1 saturated carbocycles. The SMILES string of the molecule is COc1ccc([C@@]23C(=O)N(Nc4ccc(Cl)cc4Cl)C(=O)[C@@H]2C[C@@H]2C(=CC[C@@H]4C(=O)N(C)C(=O)[C@@H]42)[C@@H]3c2cc(C)c(O)c(C)c2)cc1. The maximum atomic E-state index is 15.2. The zero-order valence-corrected chi connectivity index (χ0v) is 27.7. The van der Waals surface area contributed by atoms with Gasteiger partial charge in [-0.05, 0) is 85.2 Å². The second-order valence-electron chi connectivity index (χ2n) is 13.0. The van der Waals surface area contributed by atoms with E-state index in [-0.39, 0.29) is 29.0 Å². The van der Waals surface area contributed by atoms with Crippen molar-refractivity contribution in [2.75, 3.05) is 19.6 Å². The molecule has 2 heterocycles. The van der Waals surface area contributed by atoms with Crippen molar-refractivity contribution in [3.63, 3.8) is 0 Å². The summed E-state index contributed by atoms with van der Waals surface area (Å²) in [6, 6.07) is 15.6. The molecule has 9 nitrogen and oxygen atoms in total. The molecule has 0 aromatic heterocycles. The number of likely N-dealkylation sites (tertiary alicyclic amines) is 1. The topological polar surface area (TPSA) is 116 Å². The van der Waals surface area contributed by atoms with Crippen LogP contribution in [0, 0.1) is 37.5 Å². The summed E-state index contributed by atoms with van der Waals surface area (Å²) in [6.07, 6.45) is 2.52. The highest BCUT2D eigenvalue weighted by atomic mass is 35.5. The fourth-order valence-corrected chi connectivity index (χ4v) is 8.98. The van der Waals surface area contributed by atoms with Crippen LogP contribution in [0.2, 0.25) is 10.0 Å². The fraction of sp³-hybridized carbons (Fsp3) is 0.333. The van der Waals surface area contributed by atoms with Crippen LogP contribution in [0.25, 0.3) is 0 Å². The largest absolute Gasteiger partial charge is 0.507 e. The normalized spacial score (nSPS) is 28.2. The number of amides is 4. The van der Waals surface area contributed by atoms with E-state index in [1.165, 1.54) is 18.0 Å². The first kappa shape index (κ1) is 31.3. The molecule has 2 aliphatic heterocycles. The van der Waals surface area contributed by atoms with Gasteiger partial charge in [-0.3, -0.25) is 29.5 Å². The van der Waals surface area contributed by atoms with Crippen molar-refractivity contribution < 1.29 is 29.0 Å². The van der Waals surface area contributed by atoms with Crippen molar-refractivity contribution in [1.82, 2.24) is 9.91 Å². The lowest BCUT2D eigenvalue weighted by Gasteiger charge is -2.50. The predicted octanol–water partition coefficient (Wildman–Crippen LogP) is 5.94. The summed E-state index contributed by atoms with van der Waals surface area (Å²) in [5.41, 5.74) is 5.26. The number of hydrogen-bond acceptors (Lipinski definition) is 7. The molecule has 0 spiro atoms. The molecule has 0 bridgehead atoms. The van der Waals surface area contributed by atoms with Crippen molar-refractivity contribution in [2.24, 2.45) is 23.7 Å². The van der Waals surface area contributed by atoms with Crippen molar-refractivity contribution in [2.45, 2.75) is 38.0 Å². The number of anilines is 1. The van der Waals surface area contributed by atoms with Crippen LogP contribution in [0.3, 0.4) is 0 Å². The van der Waals surface area contributed by atoms with Gasteiger partial charge >= 0.3 is 0 Å². The van der Waals surface area contributed by atoms with Gasteiger partial charge in [0.1, 0.15) is 11.5 Å². The lowest BCUT2D eigenvalue weighted by molar-refractivity contribution is -0.140. The van der Waals surface area contributed by atoms with Crippen LogP contribution in [0.15, 0.2) is 66.2 Å². The second kappa shape index (κ2) is 11.1. The summed E-state index contributed by atoms with van der Waals surface area (Å²) in [5.74, 6) is -4.03. The van der Waals surface area contributed by atoms with Crippen LogP contribution < -0.4 is 10.2 Å². The number of phenols is 1. The van der Waals surface area contributed by atoms with E-state index in [4.69, 9.17) is 27.9 Å². The molecular weight excluding hydrogens is 641 g/mol. The lowest BCUT2D eigenvalue weighted by atomic mass is 9.49. The number of allylic oxidation sites excluding steroid dienone is 2. The molecule has 6 atom stereocenters. The Morgan fingerprint density at radius 2 is 1.60 bits per heavy atom. The van der Waals surface area contributed by atoms with Gasteiger partial charge in [0.05, 0.1) is 41.0 Å². The number of hydrogen-bond donors (Lipinski definition) is 2. The zero-order valence-electron chi connectivity index (χ0n) is 26.2. The Balaban J connectivity index is 1.49. The average Bonchev–Trinajstić information content (AvgIpc) is 3.41. The number of imide groups is 2. The summed E-state index contributed by atoms with van der Waals surface area (Å²) >= 11 is 12.6. The van der Waals surface area contributed by atoms with Gasteiger partial charge in [-0.15, -0.1) is 0 Å². The maximum absolute atomic E-state index is 15.2. The number of aryl methyl sites for hydroxylation is 2. The second-order valence-corrected chi connectivity index (χ2v) is 13.8. The fourth-order valence-electron chi connectivity index (χ4n) is 8.53. The average molecular weight is 675 g/mol. The Morgan fingerprint density at radius 1 is 0.915 bits per heavy atom. The highest BCUT2D eigenvalue weighted by molar-refractivity contribution is 6.36. The number of halogens is 2. The van der Waals surface area contributed by atoms with Gasteiger partial charge in [-0.1, -0.05) is 59.1 Å². The van der Waals surface area contributed by atoms with E-state index in [0.717, 1.165) is 16.1 Å². The number of hydrazine groups is 1. The molecule has 0 radical (unpaired) electrons. The van der Waals surface area contributed by atoms with Crippen LogP contribution in [0.1, 0.15) is 41.0 Å². The minimum Gasteiger partial charge on any atom is -0.507 e. The Kier molecular flexibility index (Phi) is 7.41. The third-order valence-corrected chi connectivity index (χ3v) is 11.2. The van der Waals surface area contributed by atoms with E-state index in [0.29, 0.717) is 39.6 Å². The van der Waals surface area contributed by atoms with Crippen molar-refractivity contribution >= 4 is 52.5 Å². The van der Waals surface area contributed by atoms with Gasteiger partial charge in [-0.25, -0.2) is 0 Å². The summed E-state index contributed by atoms with van der Waals surface area (Å²) in [5, 5.41) is 12.4. The summed E-state index contributed by atoms with van der Waals surface area (Å²) in [7, 11) is 3.06. The van der Waals surface area contributed by atoms with E-state index in [1.54, 1.807) is 45.2 Å². The number of fused-ring (bicyclic) bond motifs is 4. The Morgan fingerprint density at radius 3 is 2.23 bits per heavy atom. The van der Waals surface area contributed by atoms with Crippen LogP contribution in [-0.2, 0) is 24.6 Å². The van der Waals surface area contributed by atoms with E-state index in [1.807, 2.05) is 30.3 Å². The van der Waals surface area contributed by atoms with Gasteiger partial charge < -0.3 is 9.84 Å². The first-order chi connectivity index (χ1) is 22.4. The minimum atomic E-state index is -1.46. The number of nitrogens with zero attached hydrogens (tertiary/aromatic N) is 2. The molecule has 242 valence electrons. The van der Waals surface area contributed by atoms with Crippen LogP contribution in [0.4, 0.5) is 5.69 Å². The van der Waals surface area contributed by atoms with E-state index in [9.17, 15) is 19.5 Å². The smallest absolute Gasteiger partial charge is 0.260 e. The van der Waals surface area contributed by atoms with Gasteiger partial charge in [0.15, 0.2) is 0 Å². The predicted molar refractivity (Wildman–Crippen MR) is 176 cm³/mol. The number of benzene rings is 3. The number of ether oxygens (including phenoxy) is 1. The number of nitrogens with one attached hydrogen (secondary N) is 1. The summed E-state index contributed by atoms with van der Waals surface area (Å²) in [6.45, 7) is 3.59. The molecule has 3 aromatic carbocycles. The van der Waals surface area contributed by atoms with Crippen LogP contribution >= 0.6 is 23.2 Å². The third-order valence-electron chi connectivity index (χ3n) is 10.6. The molecule has 4 amide bonds. The highest BCUT2D eigenvalue weighted by Gasteiger charge is 2.70. The quantitative estimate of drug-likeness (QED) is 0.254. The zero-order chi connectivity index (χ0) is 33.5. The molecular formula is C36H33Cl2N3O6. The minimum absolute atomic E-state index is 0.140. The molecule has 3 fully saturated rings. The molecule has 3 aromatic rings.